The van der Waals surface area contributed by atoms with Crippen LogP contribution in [0.5, 0.6) is 0 Å². The first kappa shape index (κ1) is 20.1. The first-order chi connectivity index (χ1) is 10.2. The SMILES string of the molecule is O=C(NCCCCCO)c1cccc(S(=O)(=O)C(Br)(Br)Br)c1. The highest BCUT2D eigenvalue weighted by Crippen LogP contribution is 2.43. The first-order valence-electron chi connectivity index (χ1n) is 6.50. The van der Waals surface area contributed by atoms with Gasteiger partial charge in [0, 0.05) is 18.7 Å². The number of hydrogen-bond acceptors (Lipinski definition) is 4. The normalized spacial score (nSPS) is 12.2. The van der Waals surface area contributed by atoms with Crippen LogP contribution < -0.4 is 5.32 Å². The molecule has 0 aliphatic rings. The summed E-state index contributed by atoms with van der Waals surface area (Å²) in [5, 5.41) is 11.4. The average molecular weight is 522 g/mol. The highest BCUT2D eigenvalue weighted by Gasteiger charge is 2.37. The second-order valence-electron chi connectivity index (χ2n) is 4.52. The molecule has 1 amide bonds. The number of aliphatic hydroxyl groups excluding tert-OH is 1. The molecule has 2 N–H and O–H groups in total. The van der Waals surface area contributed by atoms with Gasteiger partial charge in [-0.3, -0.25) is 4.79 Å². The van der Waals surface area contributed by atoms with Crippen LogP contribution in [0, 0.1) is 0 Å². The number of benzene rings is 1. The molecule has 9 heteroatoms. The largest absolute Gasteiger partial charge is 0.396 e. The predicted octanol–water partition coefficient (Wildman–Crippen LogP) is 3.15. The molecular formula is C13H16Br3NO4S. The van der Waals surface area contributed by atoms with Crippen molar-refractivity contribution >= 4 is 63.5 Å². The van der Waals surface area contributed by atoms with Crippen LogP contribution in [0.3, 0.4) is 0 Å². The van der Waals surface area contributed by atoms with E-state index in [1.807, 2.05) is 0 Å². The smallest absolute Gasteiger partial charge is 0.251 e. The van der Waals surface area contributed by atoms with Crippen LogP contribution >= 0.6 is 47.8 Å². The molecule has 0 saturated carbocycles. The Labute approximate surface area is 155 Å². The Morgan fingerprint density at radius 1 is 1.18 bits per heavy atom. The highest BCUT2D eigenvalue weighted by molar-refractivity contribution is 9.42. The van der Waals surface area contributed by atoms with Crippen LogP contribution in [-0.2, 0) is 9.84 Å². The van der Waals surface area contributed by atoms with Crippen LogP contribution in [0.4, 0.5) is 0 Å². The van der Waals surface area contributed by atoms with Gasteiger partial charge in [0.1, 0.15) is 0 Å². The van der Waals surface area contributed by atoms with Gasteiger partial charge in [0.05, 0.1) is 4.90 Å². The van der Waals surface area contributed by atoms with Gasteiger partial charge in [0.25, 0.3) is 5.91 Å². The number of rotatable bonds is 7. The fraction of sp³-hybridized carbons (Fsp3) is 0.462. The molecule has 0 aliphatic carbocycles. The summed E-state index contributed by atoms with van der Waals surface area (Å²) in [4.78, 5) is 12.0. The molecule has 1 aromatic carbocycles. The van der Waals surface area contributed by atoms with Crippen LogP contribution in [0.1, 0.15) is 29.6 Å². The quantitative estimate of drug-likeness (QED) is 0.426. The van der Waals surface area contributed by atoms with Gasteiger partial charge in [-0.1, -0.05) is 6.07 Å². The average Bonchev–Trinajstić information content (AvgIpc) is 2.45. The third-order valence-electron chi connectivity index (χ3n) is 2.83. The van der Waals surface area contributed by atoms with Crippen molar-refractivity contribution in [1.29, 1.82) is 0 Å². The molecule has 22 heavy (non-hydrogen) atoms. The standard InChI is InChI=1S/C13H16Br3NO4S/c14-13(15,16)22(20,21)11-6-4-5-10(9-11)12(19)17-7-2-1-3-8-18/h4-6,9,18H,1-3,7-8H2,(H,17,19). The molecule has 0 spiro atoms. The van der Waals surface area contributed by atoms with Gasteiger partial charge >= 0.3 is 0 Å². The van der Waals surface area contributed by atoms with Crippen molar-refractivity contribution in [1.82, 2.24) is 5.32 Å². The Morgan fingerprint density at radius 2 is 1.86 bits per heavy atom. The van der Waals surface area contributed by atoms with Gasteiger partial charge in [-0.2, -0.15) is 0 Å². The molecule has 1 aromatic rings. The van der Waals surface area contributed by atoms with Gasteiger partial charge < -0.3 is 10.4 Å². The number of carbonyl (C=O) groups excluding carboxylic acids is 1. The van der Waals surface area contributed by atoms with Gasteiger partial charge in [-0.15, -0.1) is 0 Å². The van der Waals surface area contributed by atoms with Crippen LogP contribution in [0.25, 0.3) is 0 Å². The maximum Gasteiger partial charge on any atom is 0.251 e. The van der Waals surface area contributed by atoms with E-state index in [1.165, 1.54) is 18.2 Å². The molecule has 0 bridgehead atoms. The summed E-state index contributed by atoms with van der Waals surface area (Å²) >= 11 is 8.97. The lowest BCUT2D eigenvalue weighted by atomic mass is 10.2. The summed E-state index contributed by atoms with van der Waals surface area (Å²) in [6.07, 6.45) is 2.29. The lowest BCUT2D eigenvalue weighted by molar-refractivity contribution is 0.0952. The Bertz CT molecular complexity index is 614. The number of nitrogens with one attached hydrogen (secondary N) is 1. The molecular weight excluding hydrogens is 506 g/mol. The second kappa shape index (κ2) is 8.77. The van der Waals surface area contributed by atoms with E-state index in [0.29, 0.717) is 13.0 Å². The third kappa shape index (κ3) is 5.59. The van der Waals surface area contributed by atoms with Crippen molar-refractivity contribution < 1.29 is 18.3 Å². The van der Waals surface area contributed by atoms with Crippen molar-refractivity contribution in [3.05, 3.63) is 29.8 Å². The number of halogens is 3. The third-order valence-corrected chi connectivity index (χ3v) is 8.15. The van der Waals surface area contributed by atoms with E-state index in [0.717, 1.165) is 12.8 Å². The lowest BCUT2D eigenvalue weighted by Crippen LogP contribution is -2.25. The summed E-state index contributed by atoms with van der Waals surface area (Å²) in [6, 6.07) is 5.83. The van der Waals surface area contributed by atoms with E-state index in [1.54, 1.807) is 6.07 Å². The first-order valence-corrected chi connectivity index (χ1v) is 10.4. The van der Waals surface area contributed by atoms with E-state index < -0.39 is 11.3 Å². The minimum absolute atomic E-state index is 0.0195. The molecule has 0 atom stereocenters. The molecule has 0 radical (unpaired) electrons. The Morgan fingerprint density at radius 3 is 2.45 bits per heavy atom. The fourth-order valence-electron chi connectivity index (χ4n) is 1.66. The second-order valence-corrected chi connectivity index (χ2v) is 14.9. The van der Waals surface area contributed by atoms with Crippen molar-refractivity contribution in [2.24, 2.45) is 0 Å². The summed E-state index contributed by atoms with van der Waals surface area (Å²) < 4.78 is 23.1. The number of unbranched alkanes of at least 4 members (excludes halogenated alkanes) is 2. The maximum absolute atomic E-state index is 12.3. The predicted molar refractivity (Wildman–Crippen MR) is 96.4 cm³/mol. The van der Waals surface area contributed by atoms with Crippen molar-refractivity contribution in [3.8, 4) is 0 Å². The number of aliphatic hydroxyl groups is 1. The Kier molecular flexibility index (Phi) is 8.01. The summed E-state index contributed by atoms with van der Waals surface area (Å²) in [6.45, 7) is 0.621. The molecule has 0 fully saturated rings. The summed E-state index contributed by atoms with van der Waals surface area (Å²) in [7, 11) is -3.72. The zero-order valence-electron chi connectivity index (χ0n) is 11.6. The summed E-state index contributed by atoms with van der Waals surface area (Å²) in [5.41, 5.74) is 0.278. The van der Waals surface area contributed by atoms with E-state index >= 15 is 0 Å². The maximum atomic E-state index is 12.3. The van der Waals surface area contributed by atoms with Gasteiger partial charge in [-0.05, 0) is 85.3 Å². The van der Waals surface area contributed by atoms with Gasteiger partial charge in [0.2, 0.25) is 11.3 Å². The number of alkyl halides is 3. The topological polar surface area (TPSA) is 83.5 Å². The molecule has 0 unspecified atom stereocenters. The monoisotopic (exact) mass is 519 g/mol. The lowest BCUT2D eigenvalue weighted by Gasteiger charge is -2.14. The minimum atomic E-state index is -3.72. The number of carbonyl (C=O) groups is 1. The molecule has 0 heterocycles. The van der Waals surface area contributed by atoms with E-state index in [4.69, 9.17) is 5.11 Å². The van der Waals surface area contributed by atoms with Crippen LogP contribution in [-0.4, -0.2) is 34.1 Å². The zero-order valence-corrected chi connectivity index (χ0v) is 17.1. The molecule has 0 saturated heterocycles. The highest BCUT2D eigenvalue weighted by atomic mass is 80.0. The van der Waals surface area contributed by atoms with Crippen molar-refractivity contribution in [3.63, 3.8) is 0 Å². The van der Waals surface area contributed by atoms with Crippen LogP contribution in [0.2, 0.25) is 0 Å². The summed E-state index contributed by atoms with van der Waals surface area (Å²) in [5.74, 6) is -0.328. The van der Waals surface area contributed by atoms with E-state index in [9.17, 15) is 13.2 Å². The fourth-order valence-corrected chi connectivity index (χ4v) is 4.14. The van der Waals surface area contributed by atoms with Gasteiger partial charge in [-0.25, -0.2) is 8.42 Å². The molecule has 0 aliphatic heterocycles. The Hall–Kier alpha value is 0.0400. The number of amides is 1. The molecule has 0 aromatic heterocycles. The molecule has 5 nitrogen and oxygen atoms in total. The van der Waals surface area contributed by atoms with Gasteiger partial charge in [0.15, 0.2) is 0 Å². The molecule has 1 rings (SSSR count). The number of hydrogen-bond donors (Lipinski definition) is 2. The van der Waals surface area contributed by atoms with Crippen molar-refractivity contribution in [2.75, 3.05) is 13.2 Å². The Balaban J connectivity index is 2.78. The zero-order chi connectivity index (χ0) is 16.8. The minimum Gasteiger partial charge on any atom is -0.396 e. The molecule has 124 valence electrons. The number of sulfone groups is 1. The van der Waals surface area contributed by atoms with Crippen LogP contribution in [0.15, 0.2) is 29.2 Å². The van der Waals surface area contributed by atoms with E-state index in [-0.39, 0.29) is 23.0 Å². The van der Waals surface area contributed by atoms with E-state index in [2.05, 4.69) is 53.1 Å². The van der Waals surface area contributed by atoms with Crippen molar-refractivity contribution in [2.45, 2.75) is 25.6 Å².